The summed E-state index contributed by atoms with van der Waals surface area (Å²) in [5.74, 6) is 0. The van der Waals surface area contributed by atoms with Gasteiger partial charge in [-0.3, -0.25) is 0 Å². The third kappa shape index (κ3) is 0.772. The fourth-order valence-corrected chi connectivity index (χ4v) is 1.33. The van der Waals surface area contributed by atoms with Gasteiger partial charge in [0, 0.05) is 12.1 Å². The molecule has 0 radical (unpaired) electrons. The van der Waals surface area contributed by atoms with Gasteiger partial charge in [0.2, 0.25) is 0 Å². The number of nitrogens with one attached hydrogen (secondary N) is 1. The van der Waals surface area contributed by atoms with E-state index in [9.17, 15) is 0 Å². The van der Waals surface area contributed by atoms with Crippen LogP contribution in [0.4, 0.5) is 5.69 Å². The molecule has 1 unspecified atom stereocenters. The first kappa shape index (κ1) is 5.74. The molecule has 0 spiro atoms. The fraction of sp³-hybridized carbons (Fsp3) is 0.250. The maximum atomic E-state index is 5.67. The zero-order chi connectivity index (χ0) is 6.97. The molecule has 1 atom stereocenters. The number of fused-ring (bicyclic) bond motifs is 1. The van der Waals surface area contributed by atoms with Gasteiger partial charge >= 0.3 is 0 Å². The minimum absolute atomic E-state index is 0.123. The Kier molecular flexibility index (Phi) is 1.14. The van der Waals surface area contributed by atoms with E-state index in [0.29, 0.717) is 0 Å². The molecule has 1 aromatic carbocycles. The van der Waals surface area contributed by atoms with Crippen LogP contribution in [0.15, 0.2) is 24.3 Å². The second-order valence-corrected chi connectivity index (χ2v) is 2.61. The van der Waals surface area contributed by atoms with Gasteiger partial charge in [-0.15, -0.1) is 0 Å². The molecule has 0 bridgehead atoms. The number of hydrogen-bond acceptors (Lipinski definition) is 2. The predicted octanol–water partition coefficient (Wildman–Crippen LogP) is 0.939. The van der Waals surface area contributed by atoms with Crippen molar-refractivity contribution in [1.82, 2.24) is 0 Å². The van der Waals surface area contributed by atoms with Gasteiger partial charge in [0.05, 0.1) is 6.17 Å². The Labute approximate surface area is 60.0 Å². The topological polar surface area (TPSA) is 38.0 Å². The summed E-state index contributed by atoms with van der Waals surface area (Å²) in [5, 5.41) is 3.18. The first-order chi connectivity index (χ1) is 4.86. The van der Waals surface area contributed by atoms with Gasteiger partial charge in [0.25, 0.3) is 0 Å². The summed E-state index contributed by atoms with van der Waals surface area (Å²) in [6, 6.07) is 8.22. The van der Waals surface area contributed by atoms with E-state index in [1.54, 1.807) is 0 Å². The molecule has 0 saturated carbocycles. The molecule has 0 aromatic heterocycles. The van der Waals surface area contributed by atoms with Gasteiger partial charge in [-0.1, -0.05) is 18.2 Å². The van der Waals surface area contributed by atoms with Crippen LogP contribution in [0.3, 0.4) is 0 Å². The molecular weight excluding hydrogens is 124 g/mol. The summed E-state index contributed by atoms with van der Waals surface area (Å²) in [7, 11) is 0. The van der Waals surface area contributed by atoms with Crippen LogP contribution in [0, 0.1) is 0 Å². The molecule has 2 rings (SSSR count). The van der Waals surface area contributed by atoms with E-state index in [-0.39, 0.29) is 6.17 Å². The van der Waals surface area contributed by atoms with Crippen LogP contribution < -0.4 is 11.1 Å². The smallest absolute Gasteiger partial charge is 0.0784 e. The van der Waals surface area contributed by atoms with Crippen molar-refractivity contribution in [3.8, 4) is 0 Å². The van der Waals surface area contributed by atoms with Crippen LogP contribution in [-0.4, -0.2) is 6.17 Å². The number of hydrogen-bond donors (Lipinski definition) is 2. The first-order valence-corrected chi connectivity index (χ1v) is 3.46. The monoisotopic (exact) mass is 134 g/mol. The standard InChI is InChI=1S/C8H10N2/c9-8-5-6-3-1-2-4-7(6)10-8/h1-4,8,10H,5,9H2. The molecule has 3 N–H and O–H groups in total. The third-order valence-electron chi connectivity index (χ3n) is 1.80. The minimum atomic E-state index is 0.123. The Balaban J connectivity index is 2.42. The largest absolute Gasteiger partial charge is 0.370 e. The van der Waals surface area contributed by atoms with Gasteiger partial charge in [-0.05, 0) is 11.6 Å². The highest BCUT2D eigenvalue weighted by Crippen LogP contribution is 2.22. The number of rotatable bonds is 0. The number of nitrogens with two attached hydrogens (primary N) is 1. The Hall–Kier alpha value is -1.02. The van der Waals surface area contributed by atoms with E-state index < -0.39 is 0 Å². The average molecular weight is 134 g/mol. The van der Waals surface area contributed by atoms with E-state index in [0.717, 1.165) is 6.42 Å². The van der Waals surface area contributed by atoms with Gasteiger partial charge in [-0.25, -0.2) is 0 Å². The number of para-hydroxylation sites is 1. The summed E-state index contributed by atoms with van der Waals surface area (Å²) < 4.78 is 0. The number of benzene rings is 1. The highest BCUT2D eigenvalue weighted by atomic mass is 15.0. The summed E-state index contributed by atoms with van der Waals surface area (Å²) in [5.41, 5.74) is 8.19. The van der Waals surface area contributed by atoms with Crippen molar-refractivity contribution < 1.29 is 0 Å². The molecule has 10 heavy (non-hydrogen) atoms. The fourth-order valence-electron chi connectivity index (χ4n) is 1.33. The Morgan fingerprint density at radius 1 is 1.40 bits per heavy atom. The molecular formula is C8H10N2. The van der Waals surface area contributed by atoms with Crippen molar-refractivity contribution in [2.45, 2.75) is 12.6 Å². The van der Waals surface area contributed by atoms with Crippen molar-refractivity contribution in [1.29, 1.82) is 0 Å². The van der Waals surface area contributed by atoms with Crippen molar-refractivity contribution in [2.75, 3.05) is 5.32 Å². The zero-order valence-electron chi connectivity index (χ0n) is 5.67. The minimum Gasteiger partial charge on any atom is -0.370 e. The summed E-state index contributed by atoms with van der Waals surface area (Å²) in [6.45, 7) is 0. The molecule has 1 heterocycles. The van der Waals surface area contributed by atoms with Crippen LogP contribution >= 0.6 is 0 Å². The lowest BCUT2D eigenvalue weighted by molar-refractivity contribution is 0.797. The number of anilines is 1. The van der Waals surface area contributed by atoms with E-state index >= 15 is 0 Å². The Morgan fingerprint density at radius 3 is 3.00 bits per heavy atom. The SMILES string of the molecule is NC1Cc2ccccc2N1. The molecule has 0 fully saturated rings. The second-order valence-electron chi connectivity index (χ2n) is 2.61. The van der Waals surface area contributed by atoms with E-state index in [4.69, 9.17) is 5.73 Å². The molecule has 0 saturated heterocycles. The van der Waals surface area contributed by atoms with Crippen LogP contribution in [-0.2, 0) is 6.42 Å². The molecule has 2 nitrogen and oxygen atoms in total. The second kappa shape index (κ2) is 1.99. The quantitative estimate of drug-likeness (QED) is 0.554. The lowest BCUT2D eigenvalue weighted by atomic mass is 10.2. The van der Waals surface area contributed by atoms with Gasteiger partial charge in [0.1, 0.15) is 0 Å². The Morgan fingerprint density at radius 2 is 2.20 bits per heavy atom. The first-order valence-electron chi connectivity index (χ1n) is 3.46. The molecule has 1 aromatic rings. The molecule has 1 aliphatic heterocycles. The highest BCUT2D eigenvalue weighted by Gasteiger charge is 2.14. The lowest BCUT2D eigenvalue weighted by Crippen LogP contribution is -2.25. The van der Waals surface area contributed by atoms with Crippen LogP contribution in [0.1, 0.15) is 5.56 Å². The van der Waals surface area contributed by atoms with Gasteiger partial charge in [-0.2, -0.15) is 0 Å². The lowest BCUT2D eigenvalue weighted by Gasteiger charge is -2.00. The molecule has 0 aliphatic carbocycles. The molecule has 2 heteroatoms. The highest BCUT2D eigenvalue weighted by molar-refractivity contribution is 5.56. The predicted molar refractivity (Wildman–Crippen MR) is 41.7 cm³/mol. The van der Waals surface area contributed by atoms with Gasteiger partial charge < -0.3 is 11.1 Å². The molecule has 1 aliphatic rings. The average Bonchev–Trinajstić information content (AvgIpc) is 2.27. The summed E-state index contributed by atoms with van der Waals surface area (Å²) in [6.07, 6.45) is 1.08. The van der Waals surface area contributed by atoms with Gasteiger partial charge in [0.15, 0.2) is 0 Å². The molecule has 52 valence electrons. The maximum Gasteiger partial charge on any atom is 0.0784 e. The zero-order valence-corrected chi connectivity index (χ0v) is 5.67. The van der Waals surface area contributed by atoms with Crippen molar-refractivity contribution >= 4 is 5.69 Å². The Bertz CT molecular complexity index is 220. The van der Waals surface area contributed by atoms with Crippen molar-refractivity contribution in [2.24, 2.45) is 5.73 Å². The van der Waals surface area contributed by atoms with Crippen LogP contribution in [0.5, 0.6) is 0 Å². The van der Waals surface area contributed by atoms with E-state index in [2.05, 4.69) is 17.4 Å². The molecule has 0 amide bonds. The van der Waals surface area contributed by atoms with E-state index in [1.165, 1.54) is 11.3 Å². The van der Waals surface area contributed by atoms with Crippen LogP contribution in [0.2, 0.25) is 0 Å². The maximum absolute atomic E-state index is 5.67. The van der Waals surface area contributed by atoms with Crippen molar-refractivity contribution in [3.63, 3.8) is 0 Å². The summed E-state index contributed by atoms with van der Waals surface area (Å²) >= 11 is 0. The normalized spacial score (nSPS) is 21.9. The van der Waals surface area contributed by atoms with E-state index in [1.807, 2.05) is 12.1 Å². The summed E-state index contributed by atoms with van der Waals surface area (Å²) in [4.78, 5) is 0. The van der Waals surface area contributed by atoms with Crippen LogP contribution in [0.25, 0.3) is 0 Å². The third-order valence-corrected chi connectivity index (χ3v) is 1.80. The van der Waals surface area contributed by atoms with Crippen molar-refractivity contribution in [3.05, 3.63) is 29.8 Å².